The van der Waals surface area contributed by atoms with E-state index in [2.05, 4.69) is 10.3 Å². The molecule has 1 unspecified atom stereocenters. The van der Waals surface area contributed by atoms with E-state index in [9.17, 15) is 14.7 Å². The van der Waals surface area contributed by atoms with E-state index in [-0.39, 0.29) is 18.1 Å². The van der Waals surface area contributed by atoms with Gasteiger partial charge in [0.05, 0.1) is 12.1 Å². The number of pyridine rings is 1. The Morgan fingerprint density at radius 3 is 2.91 bits per heavy atom. The topological polar surface area (TPSA) is 83.7 Å². The molecule has 0 bridgehead atoms. The van der Waals surface area contributed by atoms with Crippen molar-refractivity contribution in [3.05, 3.63) is 46.0 Å². The molecule has 0 radical (unpaired) electrons. The largest absolute Gasteiger partial charge is 0.394 e. The zero-order valence-electron chi connectivity index (χ0n) is 12.7. The highest BCUT2D eigenvalue weighted by Gasteiger charge is 2.42. The molecule has 1 aliphatic carbocycles. The summed E-state index contributed by atoms with van der Waals surface area (Å²) in [5, 5.41) is 12.4. The average Bonchev–Trinajstić information content (AvgIpc) is 3.33. The number of carbonyl (C=O) groups is 1. The summed E-state index contributed by atoms with van der Waals surface area (Å²) < 4.78 is 1.37. The van der Waals surface area contributed by atoms with E-state index in [1.165, 1.54) is 10.6 Å². The first-order valence-corrected chi connectivity index (χ1v) is 7.36. The number of hydrogen-bond donors (Lipinski definition) is 2. The van der Waals surface area contributed by atoms with Crippen LogP contribution in [0.15, 0.2) is 29.3 Å². The SMILES string of the molecule is Cc1cccn2c(=O)c(C(=O)NC(C)(CO)C3CC3)cnc12. The van der Waals surface area contributed by atoms with E-state index in [4.69, 9.17) is 0 Å². The molecule has 0 aliphatic heterocycles. The second-order valence-electron chi connectivity index (χ2n) is 6.17. The van der Waals surface area contributed by atoms with Gasteiger partial charge >= 0.3 is 0 Å². The van der Waals surface area contributed by atoms with Crippen molar-refractivity contribution in [3.8, 4) is 0 Å². The predicted molar refractivity (Wildman–Crippen MR) is 81.9 cm³/mol. The van der Waals surface area contributed by atoms with Gasteiger partial charge in [-0.1, -0.05) is 6.07 Å². The van der Waals surface area contributed by atoms with Crippen molar-refractivity contribution in [2.75, 3.05) is 6.61 Å². The Labute approximate surface area is 127 Å². The molecule has 2 N–H and O–H groups in total. The zero-order chi connectivity index (χ0) is 15.9. The normalized spacial score (nSPS) is 17.2. The molecule has 6 heteroatoms. The Bertz CT molecular complexity index is 795. The first-order valence-electron chi connectivity index (χ1n) is 7.36. The number of nitrogens with zero attached hydrogens (tertiary/aromatic N) is 2. The highest BCUT2D eigenvalue weighted by Crippen LogP contribution is 2.39. The van der Waals surface area contributed by atoms with Gasteiger partial charge in [-0.15, -0.1) is 0 Å². The number of rotatable bonds is 4. The fourth-order valence-electron chi connectivity index (χ4n) is 2.72. The highest BCUT2D eigenvalue weighted by molar-refractivity contribution is 5.94. The van der Waals surface area contributed by atoms with Gasteiger partial charge in [-0.05, 0) is 44.2 Å². The minimum Gasteiger partial charge on any atom is -0.394 e. The molecule has 1 amide bonds. The fraction of sp³-hybridized carbons (Fsp3) is 0.438. The van der Waals surface area contributed by atoms with Crippen LogP contribution in [-0.2, 0) is 0 Å². The Balaban J connectivity index is 1.98. The van der Waals surface area contributed by atoms with Gasteiger partial charge in [0, 0.05) is 12.4 Å². The summed E-state index contributed by atoms with van der Waals surface area (Å²) in [6.45, 7) is 3.51. The molecule has 3 rings (SSSR count). The van der Waals surface area contributed by atoms with E-state index >= 15 is 0 Å². The number of aryl methyl sites for hydroxylation is 1. The number of amides is 1. The lowest BCUT2D eigenvalue weighted by molar-refractivity contribution is 0.0822. The monoisotopic (exact) mass is 301 g/mol. The molecule has 0 saturated heterocycles. The number of aliphatic hydroxyl groups excluding tert-OH is 1. The third-order valence-corrected chi connectivity index (χ3v) is 4.38. The first-order chi connectivity index (χ1) is 10.5. The van der Waals surface area contributed by atoms with Crippen molar-refractivity contribution in [2.45, 2.75) is 32.2 Å². The molecule has 1 aliphatic rings. The van der Waals surface area contributed by atoms with Gasteiger partial charge in [-0.2, -0.15) is 0 Å². The molecule has 0 aromatic carbocycles. The third-order valence-electron chi connectivity index (χ3n) is 4.38. The molecule has 6 nitrogen and oxygen atoms in total. The van der Waals surface area contributed by atoms with E-state index in [1.54, 1.807) is 19.2 Å². The minimum atomic E-state index is -0.685. The van der Waals surface area contributed by atoms with Crippen LogP contribution >= 0.6 is 0 Å². The molecule has 2 heterocycles. The second kappa shape index (κ2) is 5.21. The smallest absolute Gasteiger partial charge is 0.270 e. The van der Waals surface area contributed by atoms with E-state index in [0.717, 1.165) is 18.4 Å². The van der Waals surface area contributed by atoms with Crippen LogP contribution in [0.2, 0.25) is 0 Å². The van der Waals surface area contributed by atoms with Crippen LogP contribution in [0.25, 0.3) is 5.65 Å². The van der Waals surface area contributed by atoms with Crippen LogP contribution < -0.4 is 10.9 Å². The van der Waals surface area contributed by atoms with Gasteiger partial charge in [-0.3, -0.25) is 14.0 Å². The standard InChI is InChI=1S/C16H19N3O3/c1-10-4-3-7-19-13(10)17-8-12(15(19)22)14(21)18-16(2,9-20)11-5-6-11/h3-4,7-8,11,20H,5-6,9H2,1-2H3,(H,18,21). The quantitative estimate of drug-likeness (QED) is 0.878. The van der Waals surface area contributed by atoms with E-state index in [1.807, 2.05) is 13.0 Å². The molecule has 1 atom stereocenters. The Hall–Kier alpha value is -2.21. The number of hydrogen-bond acceptors (Lipinski definition) is 4. The van der Waals surface area contributed by atoms with Gasteiger partial charge in [0.2, 0.25) is 0 Å². The van der Waals surface area contributed by atoms with E-state index < -0.39 is 17.0 Å². The van der Waals surface area contributed by atoms with Crippen molar-refractivity contribution in [3.63, 3.8) is 0 Å². The van der Waals surface area contributed by atoms with Crippen molar-refractivity contribution in [1.29, 1.82) is 0 Å². The Morgan fingerprint density at radius 1 is 1.55 bits per heavy atom. The Morgan fingerprint density at radius 2 is 2.27 bits per heavy atom. The molecule has 1 fully saturated rings. The lowest BCUT2D eigenvalue weighted by Gasteiger charge is -2.28. The molecule has 2 aromatic heterocycles. The summed E-state index contributed by atoms with van der Waals surface area (Å²) in [5.41, 5.74) is 0.307. The van der Waals surface area contributed by atoms with Gasteiger partial charge in [0.25, 0.3) is 11.5 Å². The van der Waals surface area contributed by atoms with Crippen LogP contribution in [0.3, 0.4) is 0 Å². The lowest BCUT2D eigenvalue weighted by Crippen LogP contribution is -2.51. The van der Waals surface area contributed by atoms with Crippen molar-refractivity contribution in [1.82, 2.24) is 14.7 Å². The predicted octanol–water partition coefficient (Wildman–Crippen LogP) is 0.894. The van der Waals surface area contributed by atoms with Gasteiger partial charge < -0.3 is 10.4 Å². The van der Waals surface area contributed by atoms with Crippen LogP contribution in [0, 0.1) is 12.8 Å². The van der Waals surface area contributed by atoms with Crippen LogP contribution in [0.1, 0.15) is 35.7 Å². The Kier molecular flexibility index (Phi) is 3.48. The summed E-state index contributed by atoms with van der Waals surface area (Å²) >= 11 is 0. The summed E-state index contributed by atoms with van der Waals surface area (Å²) in [7, 11) is 0. The van der Waals surface area contributed by atoms with Crippen LogP contribution in [0.4, 0.5) is 0 Å². The number of carbonyl (C=O) groups excluding carboxylic acids is 1. The molecular weight excluding hydrogens is 282 g/mol. The molecule has 2 aromatic rings. The fourth-order valence-corrected chi connectivity index (χ4v) is 2.72. The number of nitrogens with one attached hydrogen (secondary N) is 1. The maximum atomic E-state index is 12.5. The molecule has 116 valence electrons. The van der Waals surface area contributed by atoms with Crippen LogP contribution in [-0.4, -0.2) is 32.5 Å². The van der Waals surface area contributed by atoms with Gasteiger partial charge in [0.1, 0.15) is 11.2 Å². The number of fused-ring (bicyclic) bond motifs is 1. The maximum absolute atomic E-state index is 12.5. The van der Waals surface area contributed by atoms with Crippen molar-refractivity contribution >= 4 is 11.6 Å². The molecule has 22 heavy (non-hydrogen) atoms. The first kappa shape index (κ1) is 14.7. The minimum absolute atomic E-state index is 0.0107. The van der Waals surface area contributed by atoms with Crippen molar-refractivity contribution < 1.29 is 9.90 Å². The average molecular weight is 301 g/mol. The van der Waals surface area contributed by atoms with Crippen LogP contribution in [0.5, 0.6) is 0 Å². The summed E-state index contributed by atoms with van der Waals surface area (Å²) in [6, 6.07) is 3.60. The lowest BCUT2D eigenvalue weighted by atomic mass is 9.96. The summed E-state index contributed by atoms with van der Waals surface area (Å²) in [6.07, 6.45) is 4.86. The summed E-state index contributed by atoms with van der Waals surface area (Å²) in [4.78, 5) is 29.1. The van der Waals surface area contributed by atoms with Crippen molar-refractivity contribution in [2.24, 2.45) is 5.92 Å². The van der Waals surface area contributed by atoms with E-state index in [0.29, 0.717) is 5.65 Å². The third kappa shape index (κ3) is 2.39. The maximum Gasteiger partial charge on any atom is 0.270 e. The van der Waals surface area contributed by atoms with Gasteiger partial charge in [0.15, 0.2) is 0 Å². The number of aromatic nitrogens is 2. The van der Waals surface area contributed by atoms with Gasteiger partial charge in [-0.25, -0.2) is 4.98 Å². The molecule has 0 spiro atoms. The number of aliphatic hydroxyl groups is 1. The molecule has 1 saturated carbocycles. The highest BCUT2D eigenvalue weighted by atomic mass is 16.3. The summed E-state index contributed by atoms with van der Waals surface area (Å²) in [5.74, 6) is -0.225. The molecular formula is C16H19N3O3. The zero-order valence-corrected chi connectivity index (χ0v) is 12.7. The second-order valence-corrected chi connectivity index (χ2v) is 6.17.